The smallest absolute Gasteiger partial charge is 0.240 e. The van der Waals surface area contributed by atoms with Gasteiger partial charge in [-0.25, -0.2) is 13.1 Å². The molecule has 1 aromatic carbocycles. The van der Waals surface area contributed by atoms with Crippen LogP contribution in [-0.4, -0.2) is 24.7 Å². The molecule has 0 atom stereocenters. The van der Waals surface area contributed by atoms with Crippen LogP contribution in [0.2, 0.25) is 0 Å². The van der Waals surface area contributed by atoms with Gasteiger partial charge >= 0.3 is 0 Å². The molecule has 2 aromatic rings. The number of benzene rings is 1. The lowest BCUT2D eigenvalue weighted by Crippen LogP contribution is -2.25. The number of sulfonamides is 1. The molecule has 5 nitrogen and oxygen atoms in total. The fourth-order valence-corrected chi connectivity index (χ4v) is 3.53. The standard InChI is InChI=1S/C16H22BrN3O2S/c1-16(2,3)13-5-7-15(8-6-13)23(21,22)19-9-4-10-20-12-14(17)11-18-20/h5-8,11-12,19H,4,9-10H2,1-3H3. The molecule has 0 aliphatic carbocycles. The summed E-state index contributed by atoms with van der Waals surface area (Å²) in [6.45, 7) is 7.34. The molecule has 0 aliphatic heterocycles. The molecular formula is C16H22BrN3O2S. The summed E-state index contributed by atoms with van der Waals surface area (Å²) in [6, 6.07) is 7.06. The molecule has 0 radical (unpaired) electrons. The highest BCUT2D eigenvalue weighted by Gasteiger charge is 2.17. The SMILES string of the molecule is CC(C)(C)c1ccc(S(=O)(=O)NCCCn2cc(Br)cn2)cc1. The van der Waals surface area contributed by atoms with Gasteiger partial charge in [0.05, 0.1) is 15.6 Å². The maximum atomic E-state index is 12.3. The Morgan fingerprint density at radius 1 is 1.22 bits per heavy atom. The first-order chi connectivity index (χ1) is 10.7. The van der Waals surface area contributed by atoms with E-state index in [1.807, 2.05) is 18.3 Å². The third-order valence-electron chi connectivity index (χ3n) is 3.49. The number of rotatable bonds is 6. The minimum absolute atomic E-state index is 0.00770. The zero-order valence-electron chi connectivity index (χ0n) is 13.6. The third-order valence-corrected chi connectivity index (χ3v) is 5.37. The highest BCUT2D eigenvalue weighted by Crippen LogP contribution is 2.23. The van der Waals surface area contributed by atoms with E-state index in [0.29, 0.717) is 24.4 Å². The van der Waals surface area contributed by atoms with E-state index in [4.69, 9.17) is 0 Å². The fourth-order valence-electron chi connectivity index (χ4n) is 2.13. The minimum Gasteiger partial charge on any atom is -0.272 e. The fraction of sp³-hybridized carbons (Fsp3) is 0.438. The molecule has 0 fully saturated rings. The molecular weight excluding hydrogens is 378 g/mol. The highest BCUT2D eigenvalue weighted by atomic mass is 79.9. The molecule has 126 valence electrons. The maximum Gasteiger partial charge on any atom is 0.240 e. The Bertz CT molecular complexity index is 746. The van der Waals surface area contributed by atoms with Crippen molar-refractivity contribution in [2.45, 2.75) is 44.0 Å². The van der Waals surface area contributed by atoms with E-state index in [2.05, 4.69) is 46.5 Å². The van der Waals surface area contributed by atoms with Gasteiger partial charge in [-0.15, -0.1) is 0 Å². The molecule has 2 rings (SSSR count). The molecule has 23 heavy (non-hydrogen) atoms. The molecule has 0 saturated carbocycles. The van der Waals surface area contributed by atoms with Crippen LogP contribution in [0.15, 0.2) is 46.0 Å². The van der Waals surface area contributed by atoms with Crippen molar-refractivity contribution in [1.82, 2.24) is 14.5 Å². The molecule has 1 aromatic heterocycles. The van der Waals surface area contributed by atoms with Crippen LogP contribution in [0.1, 0.15) is 32.8 Å². The average molecular weight is 400 g/mol. The molecule has 0 bridgehead atoms. The predicted octanol–water partition coefficient (Wildman–Crippen LogP) is 3.31. The van der Waals surface area contributed by atoms with Crippen molar-refractivity contribution in [3.63, 3.8) is 0 Å². The van der Waals surface area contributed by atoms with Gasteiger partial charge in [0, 0.05) is 19.3 Å². The van der Waals surface area contributed by atoms with Crippen molar-refractivity contribution in [3.05, 3.63) is 46.7 Å². The van der Waals surface area contributed by atoms with Gasteiger partial charge < -0.3 is 0 Å². The Labute approximate surface area is 146 Å². The van der Waals surface area contributed by atoms with Crippen LogP contribution in [0, 0.1) is 0 Å². The normalized spacial score (nSPS) is 12.5. The monoisotopic (exact) mass is 399 g/mol. The van der Waals surface area contributed by atoms with Crippen molar-refractivity contribution in [1.29, 1.82) is 0 Å². The van der Waals surface area contributed by atoms with Crippen LogP contribution >= 0.6 is 15.9 Å². The first-order valence-corrected chi connectivity index (χ1v) is 9.74. The van der Waals surface area contributed by atoms with E-state index in [-0.39, 0.29) is 5.41 Å². The van der Waals surface area contributed by atoms with Crippen LogP contribution in [0.3, 0.4) is 0 Å². The molecule has 0 amide bonds. The van der Waals surface area contributed by atoms with E-state index >= 15 is 0 Å². The largest absolute Gasteiger partial charge is 0.272 e. The Hall–Kier alpha value is -1.18. The van der Waals surface area contributed by atoms with Crippen LogP contribution < -0.4 is 4.72 Å². The predicted molar refractivity (Wildman–Crippen MR) is 94.9 cm³/mol. The summed E-state index contributed by atoms with van der Waals surface area (Å²) in [5, 5.41) is 4.13. The molecule has 1 N–H and O–H groups in total. The first kappa shape index (κ1) is 18.2. The summed E-state index contributed by atoms with van der Waals surface area (Å²) in [5.74, 6) is 0. The Kier molecular flexibility index (Phi) is 5.65. The van der Waals surface area contributed by atoms with Gasteiger partial charge in [0.2, 0.25) is 10.0 Å². The van der Waals surface area contributed by atoms with Gasteiger partial charge in [-0.3, -0.25) is 4.68 Å². The van der Waals surface area contributed by atoms with Gasteiger partial charge in [-0.1, -0.05) is 32.9 Å². The van der Waals surface area contributed by atoms with Gasteiger partial charge in [0.15, 0.2) is 0 Å². The zero-order chi connectivity index (χ0) is 17.1. The van der Waals surface area contributed by atoms with Crippen LogP contribution in [0.5, 0.6) is 0 Å². The quantitative estimate of drug-likeness (QED) is 0.757. The van der Waals surface area contributed by atoms with Gasteiger partial charge in [-0.05, 0) is 45.5 Å². The second-order valence-corrected chi connectivity index (χ2v) is 9.13. The van der Waals surface area contributed by atoms with E-state index < -0.39 is 10.0 Å². The highest BCUT2D eigenvalue weighted by molar-refractivity contribution is 9.10. The molecule has 1 heterocycles. The summed E-state index contributed by atoms with van der Waals surface area (Å²) in [5.41, 5.74) is 1.12. The molecule has 0 unspecified atom stereocenters. The van der Waals surface area contributed by atoms with E-state index in [1.165, 1.54) is 0 Å². The van der Waals surface area contributed by atoms with Crippen LogP contribution in [-0.2, 0) is 22.0 Å². The number of halogens is 1. The summed E-state index contributed by atoms with van der Waals surface area (Å²) in [4.78, 5) is 0.298. The molecule has 0 spiro atoms. The number of hydrogen-bond donors (Lipinski definition) is 1. The maximum absolute atomic E-state index is 12.3. The average Bonchev–Trinajstić information content (AvgIpc) is 2.88. The number of aryl methyl sites for hydroxylation is 1. The second-order valence-electron chi connectivity index (χ2n) is 6.45. The Morgan fingerprint density at radius 3 is 2.39 bits per heavy atom. The first-order valence-electron chi connectivity index (χ1n) is 7.47. The Balaban J connectivity index is 1.91. The van der Waals surface area contributed by atoms with Gasteiger partial charge in [-0.2, -0.15) is 5.10 Å². The topological polar surface area (TPSA) is 64.0 Å². The summed E-state index contributed by atoms with van der Waals surface area (Å²) in [7, 11) is -3.46. The van der Waals surface area contributed by atoms with Crippen molar-refractivity contribution >= 4 is 26.0 Å². The third kappa shape index (κ3) is 5.16. The lowest BCUT2D eigenvalue weighted by molar-refractivity contribution is 0.552. The Morgan fingerprint density at radius 2 is 1.87 bits per heavy atom. The van der Waals surface area contributed by atoms with Crippen LogP contribution in [0.25, 0.3) is 0 Å². The summed E-state index contributed by atoms with van der Waals surface area (Å²) < 4.78 is 29.9. The number of aromatic nitrogens is 2. The number of hydrogen-bond acceptors (Lipinski definition) is 3. The van der Waals surface area contributed by atoms with Crippen molar-refractivity contribution in [2.24, 2.45) is 0 Å². The number of nitrogens with zero attached hydrogens (tertiary/aromatic N) is 2. The number of nitrogens with one attached hydrogen (secondary N) is 1. The van der Waals surface area contributed by atoms with Gasteiger partial charge in [0.1, 0.15) is 0 Å². The second kappa shape index (κ2) is 7.15. The molecule has 0 saturated heterocycles. The lowest BCUT2D eigenvalue weighted by atomic mass is 9.87. The van der Waals surface area contributed by atoms with Crippen molar-refractivity contribution in [2.75, 3.05) is 6.54 Å². The zero-order valence-corrected chi connectivity index (χ0v) is 16.0. The minimum atomic E-state index is -3.46. The van der Waals surface area contributed by atoms with E-state index in [1.54, 1.807) is 23.0 Å². The van der Waals surface area contributed by atoms with E-state index in [0.717, 1.165) is 10.0 Å². The lowest BCUT2D eigenvalue weighted by Gasteiger charge is -2.19. The molecule has 7 heteroatoms. The summed E-state index contributed by atoms with van der Waals surface area (Å²) in [6.07, 6.45) is 4.24. The van der Waals surface area contributed by atoms with E-state index in [9.17, 15) is 8.42 Å². The van der Waals surface area contributed by atoms with Crippen molar-refractivity contribution < 1.29 is 8.42 Å². The van der Waals surface area contributed by atoms with Crippen molar-refractivity contribution in [3.8, 4) is 0 Å². The van der Waals surface area contributed by atoms with Gasteiger partial charge in [0.25, 0.3) is 0 Å². The molecule has 0 aliphatic rings. The van der Waals surface area contributed by atoms with Crippen LogP contribution in [0.4, 0.5) is 0 Å². The summed E-state index contributed by atoms with van der Waals surface area (Å²) >= 11 is 3.33.